The van der Waals surface area contributed by atoms with Gasteiger partial charge in [-0.3, -0.25) is 19.0 Å². The lowest BCUT2D eigenvalue weighted by molar-refractivity contribution is -0.131. The number of rotatable bonds is 6. The largest absolute Gasteiger partial charge is 0.372 e. The molecule has 2 atom stereocenters. The van der Waals surface area contributed by atoms with E-state index in [0.717, 1.165) is 5.69 Å². The topological polar surface area (TPSA) is 111 Å². The first-order chi connectivity index (χ1) is 14.3. The monoisotopic (exact) mass is 415 g/mol. The van der Waals surface area contributed by atoms with Gasteiger partial charge in [0.15, 0.2) is 0 Å². The second-order valence-corrected chi connectivity index (χ2v) is 7.61. The fourth-order valence-electron chi connectivity index (χ4n) is 4.04. The van der Waals surface area contributed by atoms with Gasteiger partial charge in [-0.05, 0) is 39.8 Å². The summed E-state index contributed by atoms with van der Waals surface area (Å²) in [4.78, 5) is 45.8. The van der Waals surface area contributed by atoms with Crippen LogP contribution in [0.15, 0.2) is 23.1 Å². The van der Waals surface area contributed by atoms with Crippen molar-refractivity contribution in [2.24, 2.45) is 5.73 Å². The summed E-state index contributed by atoms with van der Waals surface area (Å²) >= 11 is 0. The van der Waals surface area contributed by atoms with Crippen molar-refractivity contribution in [1.29, 1.82) is 0 Å². The van der Waals surface area contributed by atoms with Crippen molar-refractivity contribution < 1.29 is 14.3 Å². The van der Waals surface area contributed by atoms with Crippen LogP contribution in [0.3, 0.4) is 0 Å². The number of carbonyl (C=O) groups is 2. The average molecular weight is 415 g/mol. The first-order valence-corrected chi connectivity index (χ1v) is 10.3. The molecule has 1 saturated heterocycles. The molecule has 2 unspecified atom stereocenters. The van der Waals surface area contributed by atoms with E-state index in [0.29, 0.717) is 37.2 Å². The Bertz CT molecular complexity index is 1000. The van der Waals surface area contributed by atoms with Crippen LogP contribution >= 0.6 is 0 Å². The van der Waals surface area contributed by atoms with Gasteiger partial charge < -0.3 is 20.3 Å². The maximum Gasteiger partial charge on any atom is 0.265 e. The standard InChI is InChI=1S/C21H29N5O4/c1-5-24(6-2)18(27)12-26-20-15(9-16(19(22)28)21(26)29)17(7-8-23-20)25-10-13(3)30-14(4)11-25/h7-9,13-14H,5-6,10-12H2,1-4H3,(H2,22,28). The maximum atomic E-state index is 13.0. The molecule has 3 rings (SSSR count). The maximum absolute atomic E-state index is 13.0. The van der Waals surface area contributed by atoms with Crippen molar-refractivity contribution in [3.63, 3.8) is 0 Å². The molecular weight excluding hydrogens is 386 g/mol. The van der Waals surface area contributed by atoms with Crippen LogP contribution in [0, 0.1) is 0 Å². The molecule has 0 spiro atoms. The predicted octanol–water partition coefficient (Wildman–Crippen LogP) is 0.977. The number of pyridine rings is 2. The summed E-state index contributed by atoms with van der Waals surface area (Å²) in [5, 5.41) is 0.611. The van der Waals surface area contributed by atoms with Gasteiger partial charge in [0.05, 0.1) is 12.2 Å². The number of nitrogens with two attached hydrogens (primary N) is 1. The zero-order valence-electron chi connectivity index (χ0n) is 17.9. The minimum absolute atomic E-state index is 0.0303. The summed E-state index contributed by atoms with van der Waals surface area (Å²) in [5.74, 6) is -1.05. The number of primary amides is 1. The first kappa shape index (κ1) is 21.8. The minimum Gasteiger partial charge on any atom is -0.372 e. The lowest BCUT2D eigenvalue weighted by atomic mass is 10.1. The van der Waals surface area contributed by atoms with E-state index in [9.17, 15) is 14.4 Å². The van der Waals surface area contributed by atoms with Crippen LogP contribution in [0.5, 0.6) is 0 Å². The van der Waals surface area contributed by atoms with Crippen molar-refractivity contribution in [3.8, 4) is 0 Å². The Morgan fingerprint density at radius 3 is 2.43 bits per heavy atom. The van der Waals surface area contributed by atoms with Crippen molar-refractivity contribution in [1.82, 2.24) is 14.5 Å². The molecule has 9 nitrogen and oxygen atoms in total. The number of amides is 2. The van der Waals surface area contributed by atoms with Crippen LogP contribution in [-0.2, 0) is 16.1 Å². The molecule has 0 bridgehead atoms. The van der Waals surface area contributed by atoms with Crippen LogP contribution < -0.4 is 16.2 Å². The lowest BCUT2D eigenvalue weighted by Crippen LogP contribution is -2.45. The summed E-state index contributed by atoms with van der Waals surface area (Å²) in [6.07, 6.45) is 1.68. The highest BCUT2D eigenvalue weighted by Gasteiger charge is 2.26. The average Bonchev–Trinajstić information content (AvgIpc) is 2.69. The zero-order chi connectivity index (χ0) is 22.0. The molecule has 1 fully saturated rings. The third kappa shape index (κ3) is 4.16. The van der Waals surface area contributed by atoms with Crippen LogP contribution in [0.2, 0.25) is 0 Å². The van der Waals surface area contributed by atoms with Crippen LogP contribution in [-0.4, -0.2) is 64.7 Å². The molecule has 30 heavy (non-hydrogen) atoms. The Labute approximate surface area is 175 Å². The number of hydrogen-bond donors (Lipinski definition) is 1. The number of anilines is 1. The predicted molar refractivity (Wildman–Crippen MR) is 115 cm³/mol. The summed E-state index contributed by atoms with van der Waals surface area (Å²) in [6, 6.07) is 3.34. The lowest BCUT2D eigenvalue weighted by Gasteiger charge is -2.37. The number of morpholine rings is 1. The third-order valence-electron chi connectivity index (χ3n) is 5.40. The van der Waals surface area contributed by atoms with Crippen molar-refractivity contribution in [2.75, 3.05) is 31.1 Å². The van der Waals surface area contributed by atoms with Crippen molar-refractivity contribution in [2.45, 2.75) is 46.4 Å². The van der Waals surface area contributed by atoms with E-state index in [1.54, 1.807) is 11.1 Å². The van der Waals surface area contributed by atoms with E-state index in [1.807, 2.05) is 33.8 Å². The van der Waals surface area contributed by atoms with Crippen molar-refractivity contribution in [3.05, 3.63) is 34.2 Å². The summed E-state index contributed by atoms with van der Waals surface area (Å²) < 4.78 is 7.08. The zero-order valence-corrected chi connectivity index (χ0v) is 17.9. The molecular formula is C21H29N5O4. The normalized spacial score (nSPS) is 19.1. The van der Waals surface area contributed by atoms with Crippen LogP contribution in [0.25, 0.3) is 11.0 Å². The fourth-order valence-corrected chi connectivity index (χ4v) is 4.04. The van der Waals surface area contributed by atoms with Gasteiger partial charge in [0.1, 0.15) is 17.8 Å². The van der Waals surface area contributed by atoms with E-state index < -0.39 is 11.5 Å². The van der Waals surface area contributed by atoms with E-state index >= 15 is 0 Å². The van der Waals surface area contributed by atoms with Gasteiger partial charge >= 0.3 is 0 Å². The van der Waals surface area contributed by atoms with Gasteiger partial charge in [0.25, 0.3) is 11.5 Å². The van der Waals surface area contributed by atoms with Crippen molar-refractivity contribution >= 4 is 28.5 Å². The number of carbonyl (C=O) groups excluding carboxylic acids is 2. The highest BCUT2D eigenvalue weighted by molar-refractivity contribution is 5.99. The van der Waals surface area contributed by atoms with Gasteiger partial charge in [-0.2, -0.15) is 0 Å². The van der Waals surface area contributed by atoms with Gasteiger partial charge in [-0.15, -0.1) is 0 Å². The quantitative estimate of drug-likeness (QED) is 0.753. The molecule has 9 heteroatoms. The molecule has 0 radical (unpaired) electrons. The molecule has 1 aliphatic rings. The number of hydrogen-bond acceptors (Lipinski definition) is 6. The minimum atomic E-state index is -0.829. The molecule has 3 heterocycles. The smallest absolute Gasteiger partial charge is 0.265 e. The Hall–Kier alpha value is -2.94. The molecule has 0 saturated carbocycles. The Morgan fingerprint density at radius 1 is 1.23 bits per heavy atom. The van der Waals surface area contributed by atoms with Gasteiger partial charge in [-0.25, -0.2) is 4.98 Å². The Kier molecular flexibility index (Phi) is 6.40. The van der Waals surface area contributed by atoms with Gasteiger partial charge in [-0.1, -0.05) is 0 Å². The number of likely N-dealkylation sites (N-methyl/N-ethyl adjacent to an activating group) is 1. The number of ether oxygens (including phenoxy) is 1. The molecule has 0 aromatic carbocycles. The van der Waals surface area contributed by atoms with Gasteiger partial charge in [0, 0.05) is 43.4 Å². The highest BCUT2D eigenvalue weighted by atomic mass is 16.5. The summed E-state index contributed by atoms with van der Waals surface area (Å²) in [7, 11) is 0. The number of fused-ring (bicyclic) bond motifs is 1. The van der Waals surface area contributed by atoms with Crippen LogP contribution in [0.4, 0.5) is 5.69 Å². The van der Waals surface area contributed by atoms with Gasteiger partial charge in [0.2, 0.25) is 5.91 Å². The molecule has 2 amide bonds. The molecule has 1 aliphatic heterocycles. The van der Waals surface area contributed by atoms with E-state index in [4.69, 9.17) is 10.5 Å². The summed E-state index contributed by atoms with van der Waals surface area (Å²) in [5.41, 5.74) is 5.91. The first-order valence-electron chi connectivity index (χ1n) is 10.3. The fraction of sp³-hybridized carbons (Fsp3) is 0.524. The Morgan fingerprint density at radius 2 is 1.87 bits per heavy atom. The molecule has 2 aromatic rings. The highest BCUT2D eigenvalue weighted by Crippen LogP contribution is 2.28. The Balaban J connectivity index is 2.19. The molecule has 2 aromatic heterocycles. The van der Waals surface area contributed by atoms with E-state index in [2.05, 4.69) is 9.88 Å². The second kappa shape index (κ2) is 8.83. The molecule has 0 aliphatic carbocycles. The second-order valence-electron chi connectivity index (χ2n) is 7.61. The van der Waals surface area contributed by atoms with E-state index in [1.165, 1.54) is 10.6 Å². The number of aromatic nitrogens is 2. The molecule has 2 N–H and O–H groups in total. The SMILES string of the molecule is CCN(CC)C(=O)Cn1c(=O)c(C(N)=O)cc2c(N3CC(C)OC(C)C3)ccnc21. The third-order valence-corrected chi connectivity index (χ3v) is 5.40. The van der Waals surface area contributed by atoms with E-state index in [-0.39, 0.29) is 30.2 Å². The molecule has 162 valence electrons. The summed E-state index contributed by atoms with van der Waals surface area (Å²) in [6.45, 7) is 9.92. The van der Waals surface area contributed by atoms with Crippen LogP contribution in [0.1, 0.15) is 38.1 Å². The number of nitrogens with zero attached hydrogens (tertiary/aromatic N) is 4.